The van der Waals surface area contributed by atoms with Gasteiger partial charge in [-0.3, -0.25) is 0 Å². The third-order valence-electron chi connectivity index (χ3n) is 2.26. The summed E-state index contributed by atoms with van der Waals surface area (Å²) in [6, 6.07) is 9.87. The van der Waals surface area contributed by atoms with Gasteiger partial charge in [0.15, 0.2) is 0 Å². The highest BCUT2D eigenvalue weighted by atomic mass is 79.9. The zero-order valence-electron chi connectivity index (χ0n) is 9.26. The number of rotatable bonds is 4. The molecule has 0 spiro atoms. The standard InChI is InChI=1S/C11H11BrN2O2S2/c12-11-6-3-9(17-11)7-14-18(15,16)10-4-1-8(13)2-5-10/h1-6,14H,7,13H2. The second-order valence-electron chi connectivity index (χ2n) is 3.60. The summed E-state index contributed by atoms with van der Waals surface area (Å²) in [5.41, 5.74) is 6.06. The van der Waals surface area contributed by atoms with Gasteiger partial charge in [0, 0.05) is 17.1 Å². The number of hydrogen-bond acceptors (Lipinski definition) is 4. The van der Waals surface area contributed by atoms with Crippen LogP contribution in [0.15, 0.2) is 45.1 Å². The number of sulfonamides is 1. The van der Waals surface area contributed by atoms with Crippen molar-refractivity contribution in [1.82, 2.24) is 4.72 Å². The highest BCUT2D eigenvalue weighted by Crippen LogP contribution is 2.22. The molecule has 0 amide bonds. The van der Waals surface area contributed by atoms with E-state index in [4.69, 9.17) is 5.73 Å². The van der Waals surface area contributed by atoms with Crippen LogP contribution in [0.5, 0.6) is 0 Å². The predicted molar refractivity (Wildman–Crippen MR) is 76.9 cm³/mol. The Balaban J connectivity index is 2.10. The average Bonchev–Trinajstić information content (AvgIpc) is 2.73. The van der Waals surface area contributed by atoms with E-state index in [9.17, 15) is 8.42 Å². The lowest BCUT2D eigenvalue weighted by Gasteiger charge is -2.05. The van der Waals surface area contributed by atoms with Crippen LogP contribution < -0.4 is 10.5 Å². The molecule has 0 radical (unpaired) electrons. The van der Waals surface area contributed by atoms with Crippen LogP contribution in [0.4, 0.5) is 5.69 Å². The third-order valence-corrected chi connectivity index (χ3v) is 5.30. The van der Waals surface area contributed by atoms with Gasteiger partial charge in [0.25, 0.3) is 0 Å². The maximum Gasteiger partial charge on any atom is 0.240 e. The fraction of sp³-hybridized carbons (Fsp3) is 0.0909. The van der Waals surface area contributed by atoms with E-state index in [2.05, 4.69) is 20.7 Å². The Morgan fingerprint density at radius 3 is 2.39 bits per heavy atom. The van der Waals surface area contributed by atoms with Crippen molar-refractivity contribution in [3.8, 4) is 0 Å². The first-order chi connectivity index (χ1) is 8.47. The molecule has 1 aromatic carbocycles. The molecule has 0 aliphatic carbocycles. The summed E-state index contributed by atoms with van der Waals surface area (Å²) in [7, 11) is -3.48. The van der Waals surface area contributed by atoms with Crippen LogP contribution in [0.1, 0.15) is 4.88 Å². The molecule has 0 atom stereocenters. The fourth-order valence-electron chi connectivity index (χ4n) is 1.34. The summed E-state index contributed by atoms with van der Waals surface area (Å²) in [6.45, 7) is 0.281. The van der Waals surface area contributed by atoms with Gasteiger partial charge in [0.2, 0.25) is 10.0 Å². The number of nitrogens with one attached hydrogen (secondary N) is 1. The zero-order chi connectivity index (χ0) is 13.2. The first-order valence-corrected chi connectivity index (χ1v) is 8.16. The van der Waals surface area contributed by atoms with E-state index in [0.717, 1.165) is 8.66 Å². The van der Waals surface area contributed by atoms with Crippen LogP contribution in [0.25, 0.3) is 0 Å². The molecule has 0 aliphatic rings. The van der Waals surface area contributed by atoms with Gasteiger partial charge in [-0.2, -0.15) is 0 Å². The molecule has 1 heterocycles. The van der Waals surface area contributed by atoms with Crippen molar-refractivity contribution in [3.63, 3.8) is 0 Å². The minimum absolute atomic E-state index is 0.215. The van der Waals surface area contributed by atoms with Gasteiger partial charge in [-0.25, -0.2) is 13.1 Å². The summed E-state index contributed by atoms with van der Waals surface area (Å²) in [6.07, 6.45) is 0. The largest absolute Gasteiger partial charge is 0.399 e. The molecule has 2 aromatic rings. The van der Waals surface area contributed by atoms with Gasteiger partial charge in [-0.05, 0) is 52.3 Å². The Bertz CT molecular complexity index is 635. The molecule has 0 bridgehead atoms. The minimum atomic E-state index is -3.48. The van der Waals surface area contributed by atoms with Crippen LogP contribution in [-0.4, -0.2) is 8.42 Å². The quantitative estimate of drug-likeness (QED) is 0.835. The Hall–Kier alpha value is -0.890. The summed E-state index contributed by atoms with van der Waals surface area (Å²) in [4.78, 5) is 1.16. The molecule has 0 saturated carbocycles. The molecule has 96 valence electrons. The molecule has 1 aromatic heterocycles. The molecule has 0 saturated heterocycles. The maximum atomic E-state index is 12.0. The molecule has 0 fully saturated rings. The normalized spacial score (nSPS) is 11.6. The fourth-order valence-corrected chi connectivity index (χ4v) is 3.86. The third kappa shape index (κ3) is 3.32. The van der Waals surface area contributed by atoms with Gasteiger partial charge in [-0.15, -0.1) is 11.3 Å². The number of anilines is 1. The van der Waals surface area contributed by atoms with E-state index >= 15 is 0 Å². The molecular formula is C11H11BrN2O2S2. The molecule has 18 heavy (non-hydrogen) atoms. The first kappa shape index (κ1) is 13.5. The van der Waals surface area contributed by atoms with Crippen LogP contribution in [0.3, 0.4) is 0 Å². The monoisotopic (exact) mass is 346 g/mol. The van der Waals surface area contributed by atoms with Gasteiger partial charge >= 0.3 is 0 Å². The number of nitrogens with two attached hydrogens (primary N) is 1. The van der Waals surface area contributed by atoms with Crippen LogP contribution >= 0.6 is 27.3 Å². The molecule has 0 unspecified atom stereocenters. The number of benzene rings is 1. The van der Waals surface area contributed by atoms with Gasteiger partial charge in [0.05, 0.1) is 8.68 Å². The van der Waals surface area contributed by atoms with E-state index in [-0.39, 0.29) is 11.4 Å². The molecule has 0 aliphatic heterocycles. The van der Waals surface area contributed by atoms with Crippen molar-refractivity contribution in [2.45, 2.75) is 11.4 Å². The first-order valence-electron chi connectivity index (χ1n) is 5.07. The van der Waals surface area contributed by atoms with E-state index in [1.165, 1.54) is 23.5 Å². The summed E-state index contributed by atoms with van der Waals surface area (Å²) >= 11 is 4.83. The Labute approximate surface area is 118 Å². The lowest BCUT2D eigenvalue weighted by atomic mass is 10.3. The summed E-state index contributed by atoms with van der Waals surface area (Å²) in [5, 5.41) is 0. The number of hydrogen-bond donors (Lipinski definition) is 2. The smallest absolute Gasteiger partial charge is 0.240 e. The van der Waals surface area contributed by atoms with Gasteiger partial charge < -0.3 is 5.73 Å². The molecule has 7 heteroatoms. The van der Waals surface area contributed by atoms with Crippen molar-refractivity contribution >= 4 is 43.0 Å². The maximum absolute atomic E-state index is 12.0. The zero-order valence-corrected chi connectivity index (χ0v) is 12.5. The summed E-state index contributed by atoms with van der Waals surface area (Å²) in [5.74, 6) is 0. The second kappa shape index (κ2) is 5.40. The van der Waals surface area contributed by atoms with E-state index in [0.29, 0.717) is 5.69 Å². The highest BCUT2D eigenvalue weighted by molar-refractivity contribution is 9.11. The van der Waals surface area contributed by atoms with Crippen molar-refractivity contribution in [3.05, 3.63) is 45.1 Å². The second-order valence-corrected chi connectivity index (χ2v) is 7.91. The molecular weight excluding hydrogens is 336 g/mol. The van der Waals surface area contributed by atoms with Crippen molar-refractivity contribution < 1.29 is 8.42 Å². The Kier molecular flexibility index (Phi) is 4.06. The highest BCUT2D eigenvalue weighted by Gasteiger charge is 2.13. The SMILES string of the molecule is Nc1ccc(S(=O)(=O)NCc2ccc(Br)s2)cc1. The van der Waals surface area contributed by atoms with Crippen molar-refractivity contribution in [2.75, 3.05) is 5.73 Å². The van der Waals surface area contributed by atoms with Gasteiger partial charge in [0.1, 0.15) is 0 Å². The molecule has 2 rings (SSSR count). The van der Waals surface area contributed by atoms with Crippen molar-refractivity contribution in [2.24, 2.45) is 0 Å². The number of halogens is 1. The predicted octanol–water partition coefficient (Wildman–Crippen LogP) is 2.57. The summed E-state index contributed by atoms with van der Waals surface area (Å²) < 4.78 is 27.5. The van der Waals surface area contributed by atoms with Gasteiger partial charge in [-0.1, -0.05) is 0 Å². The Morgan fingerprint density at radius 1 is 1.17 bits per heavy atom. The molecule has 4 nitrogen and oxygen atoms in total. The lowest BCUT2D eigenvalue weighted by Crippen LogP contribution is -2.22. The average molecular weight is 347 g/mol. The lowest BCUT2D eigenvalue weighted by molar-refractivity contribution is 0.582. The van der Waals surface area contributed by atoms with E-state index < -0.39 is 10.0 Å². The van der Waals surface area contributed by atoms with Crippen LogP contribution in [0, 0.1) is 0 Å². The van der Waals surface area contributed by atoms with Crippen molar-refractivity contribution in [1.29, 1.82) is 0 Å². The van der Waals surface area contributed by atoms with E-state index in [1.54, 1.807) is 12.1 Å². The number of nitrogen functional groups attached to an aromatic ring is 1. The Morgan fingerprint density at radius 2 is 1.83 bits per heavy atom. The van der Waals surface area contributed by atoms with Crippen LogP contribution in [0.2, 0.25) is 0 Å². The molecule has 3 N–H and O–H groups in total. The van der Waals surface area contributed by atoms with Crippen LogP contribution in [-0.2, 0) is 16.6 Å². The number of thiophene rings is 1. The van der Waals surface area contributed by atoms with E-state index in [1.807, 2.05) is 12.1 Å². The minimum Gasteiger partial charge on any atom is -0.399 e. The topological polar surface area (TPSA) is 72.2 Å².